The third kappa shape index (κ3) is 2.74. The Labute approximate surface area is 102 Å². The van der Waals surface area contributed by atoms with Crippen molar-refractivity contribution in [3.05, 3.63) is 12.2 Å². The molecule has 0 radical (unpaired) electrons. The van der Waals surface area contributed by atoms with Gasteiger partial charge in [0.25, 0.3) is 0 Å². The van der Waals surface area contributed by atoms with Crippen molar-refractivity contribution in [2.45, 2.75) is 32.9 Å². The molecule has 0 aliphatic carbocycles. The Morgan fingerprint density at radius 2 is 2.44 bits per heavy atom. The topological polar surface area (TPSA) is 34.0 Å². The van der Waals surface area contributed by atoms with Gasteiger partial charge < -0.3 is 0 Å². The molecule has 0 saturated carbocycles. The van der Waals surface area contributed by atoms with Crippen molar-refractivity contribution >= 4 is 11.6 Å². The van der Waals surface area contributed by atoms with E-state index in [9.17, 15) is 0 Å². The summed E-state index contributed by atoms with van der Waals surface area (Å²) in [6.45, 7) is 6.24. The molecular formula is C11H19ClN4. The molecule has 1 fully saturated rings. The van der Waals surface area contributed by atoms with Gasteiger partial charge in [-0.15, -0.1) is 11.6 Å². The first-order valence-corrected chi connectivity index (χ1v) is 6.52. The molecule has 0 bridgehead atoms. The third-order valence-electron chi connectivity index (χ3n) is 3.25. The van der Waals surface area contributed by atoms with Crippen molar-refractivity contribution in [1.29, 1.82) is 0 Å². The van der Waals surface area contributed by atoms with Crippen LogP contribution < -0.4 is 0 Å². The maximum atomic E-state index is 5.77. The Morgan fingerprint density at radius 3 is 3.19 bits per heavy atom. The third-order valence-corrected chi connectivity index (χ3v) is 3.47. The molecule has 0 amide bonds. The number of rotatable bonds is 5. The van der Waals surface area contributed by atoms with E-state index in [1.54, 1.807) is 6.33 Å². The molecule has 2 heterocycles. The molecule has 1 atom stereocenters. The lowest BCUT2D eigenvalue weighted by Gasteiger charge is -2.15. The second kappa shape index (κ2) is 5.64. The van der Waals surface area contributed by atoms with Crippen LogP contribution in [0.1, 0.15) is 25.6 Å². The summed E-state index contributed by atoms with van der Waals surface area (Å²) in [7, 11) is 0. The van der Waals surface area contributed by atoms with Crippen molar-refractivity contribution in [2.24, 2.45) is 5.92 Å². The molecule has 5 heteroatoms. The smallest absolute Gasteiger partial charge is 0.140 e. The minimum absolute atomic E-state index is 0.774. The zero-order valence-corrected chi connectivity index (χ0v) is 10.5. The monoisotopic (exact) mass is 242 g/mol. The van der Waals surface area contributed by atoms with Crippen LogP contribution in [0.3, 0.4) is 0 Å². The maximum absolute atomic E-state index is 5.77. The number of halogens is 1. The number of alkyl halides is 1. The minimum atomic E-state index is 0.774. The maximum Gasteiger partial charge on any atom is 0.140 e. The fourth-order valence-electron chi connectivity index (χ4n) is 2.32. The van der Waals surface area contributed by atoms with Gasteiger partial charge >= 0.3 is 0 Å². The van der Waals surface area contributed by atoms with Gasteiger partial charge in [0.05, 0.1) is 6.54 Å². The van der Waals surface area contributed by atoms with Gasteiger partial charge in [-0.3, -0.25) is 4.90 Å². The van der Waals surface area contributed by atoms with Gasteiger partial charge in [0.15, 0.2) is 0 Å². The lowest BCUT2D eigenvalue weighted by Crippen LogP contribution is -2.22. The van der Waals surface area contributed by atoms with Crippen LogP contribution in [0.25, 0.3) is 0 Å². The van der Waals surface area contributed by atoms with Crippen LogP contribution in [0.5, 0.6) is 0 Å². The summed E-state index contributed by atoms with van der Waals surface area (Å²) in [5, 5.41) is 4.19. The van der Waals surface area contributed by atoms with E-state index in [1.807, 2.05) is 4.68 Å². The van der Waals surface area contributed by atoms with Gasteiger partial charge in [0.1, 0.15) is 12.2 Å². The van der Waals surface area contributed by atoms with E-state index in [0.29, 0.717) is 0 Å². The van der Waals surface area contributed by atoms with Gasteiger partial charge in [0.2, 0.25) is 0 Å². The summed E-state index contributed by atoms with van der Waals surface area (Å²) >= 11 is 5.77. The predicted molar refractivity (Wildman–Crippen MR) is 64.4 cm³/mol. The number of likely N-dealkylation sites (tertiary alicyclic amines) is 1. The summed E-state index contributed by atoms with van der Waals surface area (Å²) in [5.74, 6) is 2.63. The van der Waals surface area contributed by atoms with Gasteiger partial charge in [-0.25, -0.2) is 9.67 Å². The molecular weight excluding hydrogens is 224 g/mol. The highest BCUT2D eigenvalue weighted by molar-refractivity contribution is 6.17. The first kappa shape index (κ1) is 11.9. The number of hydrogen-bond acceptors (Lipinski definition) is 3. The largest absolute Gasteiger partial charge is 0.296 e. The van der Waals surface area contributed by atoms with Crippen molar-refractivity contribution in [1.82, 2.24) is 19.7 Å². The van der Waals surface area contributed by atoms with Crippen molar-refractivity contribution in [3.8, 4) is 0 Å². The number of hydrogen-bond donors (Lipinski definition) is 0. The molecule has 0 spiro atoms. The van der Waals surface area contributed by atoms with Gasteiger partial charge in [-0.1, -0.05) is 0 Å². The Kier molecular flexibility index (Phi) is 4.18. The van der Waals surface area contributed by atoms with Crippen molar-refractivity contribution in [3.63, 3.8) is 0 Å². The first-order valence-electron chi connectivity index (χ1n) is 5.98. The van der Waals surface area contributed by atoms with Crippen LogP contribution in [0.15, 0.2) is 6.33 Å². The highest BCUT2D eigenvalue weighted by atomic mass is 35.5. The van der Waals surface area contributed by atoms with E-state index in [0.717, 1.165) is 50.2 Å². The van der Waals surface area contributed by atoms with Crippen LogP contribution in [-0.4, -0.2) is 38.6 Å². The molecule has 4 nitrogen and oxygen atoms in total. The molecule has 90 valence electrons. The van der Waals surface area contributed by atoms with E-state index in [1.165, 1.54) is 6.42 Å². The SMILES string of the molecule is CCn1ncnc1CN1CCC(CCCl)C1. The second-order valence-corrected chi connectivity index (χ2v) is 4.74. The standard InChI is InChI=1S/C11H19ClN4/c1-2-16-11(13-9-14-16)8-15-6-4-10(7-15)3-5-12/h9-10H,2-8H2,1H3. The van der Waals surface area contributed by atoms with Crippen molar-refractivity contribution in [2.75, 3.05) is 19.0 Å². The highest BCUT2D eigenvalue weighted by Gasteiger charge is 2.22. The molecule has 1 aliphatic heterocycles. The normalized spacial score (nSPS) is 21.8. The molecule has 0 N–H and O–H groups in total. The van der Waals surface area contributed by atoms with Crippen LogP contribution in [0, 0.1) is 5.92 Å². The molecule has 16 heavy (non-hydrogen) atoms. The van der Waals surface area contributed by atoms with Gasteiger partial charge in [-0.05, 0) is 32.2 Å². The Hall–Kier alpha value is -0.610. The Bertz CT molecular complexity index is 326. The van der Waals surface area contributed by atoms with Crippen molar-refractivity contribution < 1.29 is 0 Å². The summed E-state index contributed by atoms with van der Waals surface area (Å²) < 4.78 is 1.97. The molecule has 1 aromatic heterocycles. The predicted octanol–water partition coefficient (Wildman–Crippen LogP) is 1.75. The zero-order valence-electron chi connectivity index (χ0n) is 9.77. The lowest BCUT2D eigenvalue weighted by atomic mass is 10.1. The summed E-state index contributed by atoms with van der Waals surface area (Å²) in [6, 6.07) is 0. The van der Waals surface area contributed by atoms with Crippen LogP contribution >= 0.6 is 11.6 Å². The van der Waals surface area contributed by atoms with E-state index in [4.69, 9.17) is 11.6 Å². The van der Waals surface area contributed by atoms with Gasteiger partial charge in [-0.2, -0.15) is 5.10 Å². The second-order valence-electron chi connectivity index (χ2n) is 4.36. The number of aryl methyl sites for hydroxylation is 1. The summed E-state index contributed by atoms with van der Waals surface area (Å²) in [6.07, 6.45) is 4.05. The molecule has 0 aromatic carbocycles. The molecule has 1 unspecified atom stereocenters. The van der Waals surface area contributed by atoms with Crippen LogP contribution in [0.4, 0.5) is 0 Å². The zero-order chi connectivity index (χ0) is 11.4. The molecule has 2 rings (SSSR count). The van der Waals surface area contributed by atoms with E-state index in [-0.39, 0.29) is 0 Å². The number of aromatic nitrogens is 3. The summed E-state index contributed by atoms with van der Waals surface area (Å²) in [5.41, 5.74) is 0. The fraction of sp³-hybridized carbons (Fsp3) is 0.818. The fourth-order valence-corrected chi connectivity index (χ4v) is 2.63. The van der Waals surface area contributed by atoms with E-state index in [2.05, 4.69) is 21.9 Å². The quantitative estimate of drug-likeness (QED) is 0.738. The van der Waals surface area contributed by atoms with Crippen LogP contribution in [0.2, 0.25) is 0 Å². The molecule has 1 aromatic rings. The lowest BCUT2D eigenvalue weighted by molar-refractivity contribution is 0.300. The Morgan fingerprint density at radius 1 is 1.56 bits per heavy atom. The molecule has 1 saturated heterocycles. The Balaban J connectivity index is 1.87. The van der Waals surface area contributed by atoms with E-state index >= 15 is 0 Å². The molecule has 1 aliphatic rings. The van der Waals surface area contributed by atoms with E-state index < -0.39 is 0 Å². The average Bonchev–Trinajstić information content (AvgIpc) is 2.89. The average molecular weight is 243 g/mol. The first-order chi connectivity index (χ1) is 7.83. The number of nitrogens with zero attached hydrogens (tertiary/aromatic N) is 4. The van der Waals surface area contributed by atoms with Crippen LogP contribution in [-0.2, 0) is 13.1 Å². The minimum Gasteiger partial charge on any atom is -0.296 e. The van der Waals surface area contributed by atoms with Gasteiger partial charge in [0, 0.05) is 19.0 Å². The summed E-state index contributed by atoms with van der Waals surface area (Å²) in [4.78, 5) is 6.76. The highest BCUT2D eigenvalue weighted by Crippen LogP contribution is 2.21.